The fourth-order valence-corrected chi connectivity index (χ4v) is 0.613. The number of nitrogens with zero attached hydrogens (tertiary/aromatic N) is 1. The van der Waals surface area contributed by atoms with Crippen LogP contribution in [0.2, 0.25) is 0 Å². The van der Waals surface area contributed by atoms with Crippen LogP contribution in [0.5, 0.6) is 0 Å². The molecular weight excluding hydrogens is 281 g/mol. The molecule has 3 heteroatoms. The first-order chi connectivity index (χ1) is 3.39. The second-order valence-corrected chi connectivity index (χ2v) is 1.96. The Kier molecular flexibility index (Phi) is 4.45. The SMILES string of the molecule is BrC1=CC=CC=[N+]1.[I-]. The van der Waals surface area contributed by atoms with E-state index in [4.69, 9.17) is 0 Å². The standard InChI is InChI=1S/C5H4BrN.HI/c6-5-3-1-2-4-7-5;/h1-4H;1H/q+1;/p-1. The molecule has 1 nitrogen and oxygen atoms in total. The third kappa shape index (κ3) is 2.61. The van der Waals surface area contributed by atoms with Gasteiger partial charge in [0.15, 0.2) is 0 Å². The van der Waals surface area contributed by atoms with Crippen LogP contribution in [0.25, 0.3) is 0 Å². The van der Waals surface area contributed by atoms with Gasteiger partial charge in [0.05, 0.1) is 4.99 Å². The van der Waals surface area contributed by atoms with E-state index in [2.05, 4.69) is 20.9 Å². The van der Waals surface area contributed by atoms with Crippen molar-refractivity contribution in [3.05, 3.63) is 22.8 Å². The number of hydrogen-bond donors (Lipinski definition) is 0. The van der Waals surface area contributed by atoms with Crippen LogP contribution in [-0.4, -0.2) is 6.21 Å². The molecule has 8 heavy (non-hydrogen) atoms. The highest BCUT2D eigenvalue weighted by molar-refractivity contribution is 9.11. The van der Waals surface area contributed by atoms with Crippen molar-refractivity contribution in [3.8, 4) is 0 Å². The highest BCUT2D eigenvalue weighted by Crippen LogP contribution is 1.99. The summed E-state index contributed by atoms with van der Waals surface area (Å²) in [5.74, 6) is 0. The molecule has 43 valence electrons. The fraction of sp³-hybridized carbons (Fsp3) is 0. The van der Waals surface area contributed by atoms with Gasteiger partial charge in [0, 0.05) is 28.1 Å². The van der Waals surface area contributed by atoms with Crippen molar-refractivity contribution >= 4 is 22.1 Å². The van der Waals surface area contributed by atoms with Gasteiger partial charge in [0.1, 0.15) is 0 Å². The Labute approximate surface area is 73.7 Å². The van der Waals surface area contributed by atoms with Gasteiger partial charge in [-0.15, -0.1) is 0 Å². The summed E-state index contributed by atoms with van der Waals surface area (Å²) >= 11 is 3.20. The average molecular weight is 285 g/mol. The van der Waals surface area contributed by atoms with Crippen LogP contribution in [0.3, 0.4) is 0 Å². The van der Waals surface area contributed by atoms with Crippen LogP contribution < -0.4 is 29.0 Å². The molecule has 0 amide bonds. The number of aliphatic imine (C=N–C) groups is 1. The normalized spacial score (nSPS) is 14.9. The predicted octanol–water partition coefficient (Wildman–Crippen LogP) is -1.80. The van der Waals surface area contributed by atoms with Gasteiger partial charge in [0.25, 0.3) is 0 Å². The Balaban J connectivity index is 0.000000490. The molecule has 0 bridgehead atoms. The van der Waals surface area contributed by atoms with E-state index in [1.807, 2.05) is 18.2 Å². The average Bonchev–Trinajstić information content (AvgIpc) is 1.69. The zero-order valence-electron chi connectivity index (χ0n) is 4.01. The minimum atomic E-state index is 0. The molecule has 1 heterocycles. The van der Waals surface area contributed by atoms with Crippen LogP contribution in [0.1, 0.15) is 0 Å². The molecule has 1 aliphatic heterocycles. The monoisotopic (exact) mass is 284 g/mol. The van der Waals surface area contributed by atoms with Crippen molar-refractivity contribution in [3.63, 3.8) is 0 Å². The Bertz CT molecular complexity index is 149. The first kappa shape index (κ1) is 8.36. The maximum absolute atomic E-state index is 3.90. The van der Waals surface area contributed by atoms with Gasteiger partial charge in [-0.25, -0.2) is 0 Å². The predicted molar refractivity (Wildman–Crippen MR) is 34.3 cm³/mol. The van der Waals surface area contributed by atoms with E-state index in [0.29, 0.717) is 0 Å². The van der Waals surface area contributed by atoms with Crippen molar-refractivity contribution in [2.75, 3.05) is 0 Å². The highest BCUT2D eigenvalue weighted by Gasteiger charge is 1.98. The summed E-state index contributed by atoms with van der Waals surface area (Å²) in [6.07, 6.45) is 7.44. The number of rotatable bonds is 0. The molecule has 0 aromatic carbocycles. The van der Waals surface area contributed by atoms with Gasteiger partial charge in [-0.3, -0.25) is 0 Å². The van der Waals surface area contributed by atoms with Gasteiger partial charge in [-0.1, -0.05) is 0 Å². The minimum absolute atomic E-state index is 0. The molecule has 1 radical (unpaired) electrons. The van der Waals surface area contributed by atoms with Gasteiger partial charge in [-0.2, -0.15) is 0 Å². The molecular formula is C5H4BrIN. The minimum Gasteiger partial charge on any atom is -1.00 e. The quantitative estimate of drug-likeness (QED) is 0.368. The topological polar surface area (TPSA) is 14.1 Å². The number of allylic oxidation sites excluding steroid dienone is 3. The van der Waals surface area contributed by atoms with Crippen LogP contribution in [-0.2, 0) is 0 Å². The summed E-state index contributed by atoms with van der Waals surface area (Å²) in [6.45, 7) is 0. The molecule has 1 aliphatic rings. The smallest absolute Gasteiger partial charge is 0.318 e. The van der Waals surface area contributed by atoms with Gasteiger partial charge >= 0.3 is 4.61 Å². The van der Waals surface area contributed by atoms with Crippen molar-refractivity contribution in [1.29, 1.82) is 0 Å². The summed E-state index contributed by atoms with van der Waals surface area (Å²) in [4.78, 5) is 3.90. The lowest BCUT2D eigenvalue weighted by atomic mass is 10.4. The number of hydrogen-bond acceptors (Lipinski definition) is 1. The van der Waals surface area contributed by atoms with Crippen LogP contribution >= 0.6 is 15.9 Å². The van der Waals surface area contributed by atoms with E-state index < -0.39 is 0 Å². The first-order valence-corrected chi connectivity index (χ1v) is 2.75. The first-order valence-electron chi connectivity index (χ1n) is 1.96. The van der Waals surface area contributed by atoms with E-state index in [9.17, 15) is 0 Å². The summed E-state index contributed by atoms with van der Waals surface area (Å²) < 4.78 is 0.884. The molecule has 0 unspecified atom stereocenters. The molecule has 0 N–H and O–H groups in total. The molecule has 0 fully saturated rings. The van der Waals surface area contributed by atoms with Crippen LogP contribution in [0.4, 0.5) is 0 Å². The molecule has 0 aliphatic carbocycles. The maximum atomic E-state index is 3.90. The van der Waals surface area contributed by atoms with Crippen LogP contribution in [0, 0.1) is 0 Å². The summed E-state index contributed by atoms with van der Waals surface area (Å²) in [5, 5.41) is 0. The summed E-state index contributed by atoms with van der Waals surface area (Å²) in [7, 11) is 0. The van der Waals surface area contributed by atoms with E-state index in [0.717, 1.165) is 4.61 Å². The second kappa shape index (κ2) is 4.26. The fourth-order valence-electron chi connectivity index (χ4n) is 0.342. The van der Waals surface area contributed by atoms with Crippen LogP contribution in [0.15, 0.2) is 22.8 Å². The largest absolute Gasteiger partial charge is 1.00 e. The van der Waals surface area contributed by atoms with Crippen molar-refractivity contribution in [1.82, 2.24) is 4.99 Å². The van der Waals surface area contributed by atoms with Gasteiger partial charge in [-0.05, 0) is 6.08 Å². The van der Waals surface area contributed by atoms with Crippen molar-refractivity contribution in [2.24, 2.45) is 0 Å². The Morgan fingerprint density at radius 1 is 1.38 bits per heavy atom. The zero-order chi connectivity index (χ0) is 5.11. The highest BCUT2D eigenvalue weighted by atomic mass is 127. The van der Waals surface area contributed by atoms with E-state index in [-0.39, 0.29) is 24.0 Å². The second-order valence-electron chi connectivity index (χ2n) is 1.15. The number of halogens is 2. The van der Waals surface area contributed by atoms with E-state index in [1.165, 1.54) is 0 Å². The molecule has 0 aromatic heterocycles. The third-order valence-electron chi connectivity index (χ3n) is 0.629. The maximum Gasteiger partial charge on any atom is 0.318 e. The summed E-state index contributed by atoms with van der Waals surface area (Å²) in [6, 6.07) is 0. The third-order valence-corrected chi connectivity index (χ3v) is 1.10. The Hall–Kier alpha value is 0.360. The Morgan fingerprint density at radius 3 is 2.38 bits per heavy atom. The molecule has 1 rings (SSSR count). The molecule has 0 atom stereocenters. The molecule has 0 saturated carbocycles. The molecule has 0 spiro atoms. The lowest BCUT2D eigenvalue weighted by Gasteiger charge is -1.71. The zero-order valence-corrected chi connectivity index (χ0v) is 7.76. The lowest BCUT2D eigenvalue weighted by molar-refractivity contribution is -0.00000130. The van der Waals surface area contributed by atoms with Crippen molar-refractivity contribution < 1.29 is 24.0 Å². The Morgan fingerprint density at radius 2 is 2.12 bits per heavy atom. The van der Waals surface area contributed by atoms with E-state index >= 15 is 0 Å². The van der Waals surface area contributed by atoms with E-state index in [1.54, 1.807) is 6.21 Å². The molecule has 0 saturated heterocycles. The van der Waals surface area contributed by atoms with Crippen molar-refractivity contribution in [2.45, 2.75) is 0 Å². The lowest BCUT2D eigenvalue weighted by Crippen LogP contribution is -3.00. The van der Waals surface area contributed by atoms with Gasteiger partial charge < -0.3 is 24.0 Å². The molecule has 0 aromatic rings. The van der Waals surface area contributed by atoms with Gasteiger partial charge in [0.2, 0.25) is 6.21 Å². The summed E-state index contributed by atoms with van der Waals surface area (Å²) in [5.41, 5.74) is 0.